The molecule has 0 atom stereocenters. The summed E-state index contributed by atoms with van der Waals surface area (Å²) < 4.78 is 0. The van der Waals surface area contributed by atoms with Crippen LogP contribution >= 0.6 is 0 Å². The molecule has 1 aliphatic rings. The van der Waals surface area contributed by atoms with E-state index < -0.39 is 0 Å². The summed E-state index contributed by atoms with van der Waals surface area (Å²) in [7, 11) is 0. The Balaban J connectivity index is 1.69. The molecule has 1 fully saturated rings. The lowest BCUT2D eigenvalue weighted by molar-refractivity contribution is 0.342. The molecule has 1 aromatic rings. The predicted molar refractivity (Wildman–Crippen MR) is 80.3 cm³/mol. The van der Waals surface area contributed by atoms with Crippen molar-refractivity contribution in [2.24, 2.45) is 5.92 Å². The third kappa shape index (κ3) is 4.59. The second-order valence-corrected chi connectivity index (χ2v) is 6.28. The van der Waals surface area contributed by atoms with E-state index >= 15 is 0 Å². The maximum atomic E-state index is 4.09. The fourth-order valence-electron chi connectivity index (χ4n) is 2.78. The average Bonchev–Trinajstić information content (AvgIpc) is 2.46. The van der Waals surface area contributed by atoms with E-state index in [4.69, 9.17) is 0 Å². The molecule has 1 aromatic heterocycles. The standard InChI is InChI=1S/C16H27N3/c1-16(2,15-6-11-18-12-7-15)13-19-10-5-14-3-8-17-9-4-14/h6-7,11-12,14,17,19H,3-5,8-10,13H2,1-2H3. The number of hydrogen-bond acceptors (Lipinski definition) is 3. The zero-order valence-electron chi connectivity index (χ0n) is 12.3. The van der Waals surface area contributed by atoms with E-state index in [-0.39, 0.29) is 5.41 Å². The quantitative estimate of drug-likeness (QED) is 0.772. The van der Waals surface area contributed by atoms with Crippen molar-refractivity contribution < 1.29 is 0 Å². The van der Waals surface area contributed by atoms with E-state index in [1.54, 1.807) is 0 Å². The van der Waals surface area contributed by atoms with Crippen LogP contribution in [0.25, 0.3) is 0 Å². The van der Waals surface area contributed by atoms with Gasteiger partial charge in [-0.05, 0) is 62.5 Å². The van der Waals surface area contributed by atoms with E-state index in [2.05, 4.69) is 41.6 Å². The second kappa shape index (κ2) is 7.01. The number of nitrogens with one attached hydrogen (secondary N) is 2. The normalized spacial score (nSPS) is 17.6. The van der Waals surface area contributed by atoms with E-state index in [9.17, 15) is 0 Å². The predicted octanol–water partition coefficient (Wildman–Crippen LogP) is 2.34. The van der Waals surface area contributed by atoms with Crippen LogP contribution in [0.15, 0.2) is 24.5 Å². The van der Waals surface area contributed by atoms with Crippen molar-refractivity contribution in [1.82, 2.24) is 15.6 Å². The molecule has 2 heterocycles. The first kappa shape index (κ1) is 14.5. The summed E-state index contributed by atoms with van der Waals surface area (Å²) in [5.74, 6) is 0.915. The molecule has 3 heteroatoms. The molecule has 19 heavy (non-hydrogen) atoms. The minimum absolute atomic E-state index is 0.178. The summed E-state index contributed by atoms with van der Waals surface area (Å²) in [4.78, 5) is 4.09. The Morgan fingerprint density at radius 2 is 1.95 bits per heavy atom. The Morgan fingerprint density at radius 3 is 2.63 bits per heavy atom. The molecule has 0 unspecified atom stereocenters. The highest BCUT2D eigenvalue weighted by atomic mass is 14.9. The van der Waals surface area contributed by atoms with Crippen LogP contribution in [-0.4, -0.2) is 31.2 Å². The lowest BCUT2D eigenvalue weighted by atomic mass is 9.85. The van der Waals surface area contributed by atoms with Crippen molar-refractivity contribution in [3.05, 3.63) is 30.1 Å². The van der Waals surface area contributed by atoms with Crippen molar-refractivity contribution in [3.63, 3.8) is 0 Å². The third-order valence-electron chi connectivity index (χ3n) is 4.22. The van der Waals surface area contributed by atoms with Gasteiger partial charge in [0.15, 0.2) is 0 Å². The van der Waals surface area contributed by atoms with Gasteiger partial charge in [-0.15, -0.1) is 0 Å². The molecule has 0 spiro atoms. The van der Waals surface area contributed by atoms with Gasteiger partial charge in [-0.3, -0.25) is 4.98 Å². The molecular formula is C16H27N3. The van der Waals surface area contributed by atoms with Crippen molar-refractivity contribution in [1.29, 1.82) is 0 Å². The molecule has 0 aliphatic carbocycles. The van der Waals surface area contributed by atoms with Gasteiger partial charge in [-0.1, -0.05) is 13.8 Å². The topological polar surface area (TPSA) is 37.0 Å². The molecular weight excluding hydrogens is 234 g/mol. The molecule has 3 nitrogen and oxygen atoms in total. The van der Waals surface area contributed by atoms with Gasteiger partial charge in [0.1, 0.15) is 0 Å². The van der Waals surface area contributed by atoms with Gasteiger partial charge in [-0.25, -0.2) is 0 Å². The smallest absolute Gasteiger partial charge is 0.0270 e. The molecule has 0 bridgehead atoms. The van der Waals surface area contributed by atoms with Gasteiger partial charge in [0.05, 0.1) is 0 Å². The largest absolute Gasteiger partial charge is 0.317 e. The van der Waals surface area contributed by atoms with Crippen molar-refractivity contribution in [2.45, 2.75) is 38.5 Å². The SMILES string of the molecule is CC(C)(CNCCC1CCNCC1)c1ccncc1. The Kier molecular flexibility index (Phi) is 5.34. The number of piperidine rings is 1. The van der Waals surface area contributed by atoms with Gasteiger partial charge in [-0.2, -0.15) is 0 Å². The monoisotopic (exact) mass is 261 g/mol. The third-order valence-corrected chi connectivity index (χ3v) is 4.22. The van der Waals surface area contributed by atoms with Gasteiger partial charge in [0, 0.05) is 24.4 Å². The van der Waals surface area contributed by atoms with Crippen LogP contribution in [0.2, 0.25) is 0 Å². The minimum atomic E-state index is 0.178. The first-order chi connectivity index (χ1) is 9.18. The van der Waals surface area contributed by atoms with E-state index in [0.29, 0.717) is 0 Å². The van der Waals surface area contributed by atoms with Gasteiger partial charge < -0.3 is 10.6 Å². The van der Waals surface area contributed by atoms with Crippen molar-refractivity contribution in [3.8, 4) is 0 Å². The van der Waals surface area contributed by atoms with Crippen molar-refractivity contribution >= 4 is 0 Å². The number of rotatable bonds is 6. The van der Waals surface area contributed by atoms with E-state index in [1.807, 2.05) is 12.4 Å². The summed E-state index contributed by atoms with van der Waals surface area (Å²) in [6.45, 7) is 9.15. The van der Waals surface area contributed by atoms with Crippen LogP contribution in [-0.2, 0) is 5.41 Å². The molecule has 0 amide bonds. The minimum Gasteiger partial charge on any atom is -0.317 e. The molecule has 0 radical (unpaired) electrons. The highest BCUT2D eigenvalue weighted by Crippen LogP contribution is 2.21. The molecule has 0 saturated carbocycles. The molecule has 2 rings (SSSR count). The number of pyridine rings is 1. The Bertz CT molecular complexity index is 356. The molecule has 1 aliphatic heterocycles. The van der Waals surface area contributed by atoms with Crippen LogP contribution in [0, 0.1) is 5.92 Å². The zero-order valence-corrected chi connectivity index (χ0v) is 12.3. The molecule has 0 aromatic carbocycles. The summed E-state index contributed by atoms with van der Waals surface area (Å²) in [5, 5.41) is 7.06. The molecule has 2 N–H and O–H groups in total. The molecule has 106 valence electrons. The van der Waals surface area contributed by atoms with Crippen molar-refractivity contribution in [2.75, 3.05) is 26.2 Å². The molecule has 1 saturated heterocycles. The fourth-order valence-corrected chi connectivity index (χ4v) is 2.78. The van der Waals surface area contributed by atoms with Crippen LogP contribution in [0.5, 0.6) is 0 Å². The van der Waals surface area contributed by atoms with E-state index in [0.717, 1.165) is 19.0 Å². The maximum absolute atomic E-state index is 4.09. The lowest BCUT2D eigenvalue weighted by Crippen LogP contribution is -2.35. The first-order valence-electron chi connectivity index (χ1n) is 7.50. The summed E-state index contributed by atoms with van der Waals surface area (Å²) in [5.41, 5.74) is 1.54. The number of aromatic nitrogens is 1. The number of hydrogen-bond donors (Lipinski definition) is 2. The first-order valence-corrected chi connectivity index (χ1v) is 7.50. The lowest BCUT2D eigenvalue weighted by Gasteiger charge is -2.27. The Hall–Kier alpha value is -0.930. The summed E-state index contributed by atoms with van der Waals surface area (Å²) in [6.07, 6.45) is 7.76. The van der Waals surface area contributed by atoms with Crippen LogP contribution in [0.3, 0.4) is 0 Å². The highest BCUT2D eigenvalue weighted by Gasteiger charge is 2.20. The van der Waals surface area contributed by atoms with Crippen LogP contribution in [0.4, 0.5) is 0 Å². The zero-order chi connectivity index (χ0) is 13.6. The van der Waals surface area contributed by atoms with Crippen LogP contribution in [0.1, 0.15) is 38.7 Å². The van der Waals surface area contributed by atoms with Gasteiger partial charge >= 0.3 is 0 Å². The second-order valence-electron chi connectivity index (χ2n) is 6.28. The average molecular weight is 261 g/mol. The highest BCUT2D eigenvalue weighted by molar-refractivity contribution is 5.20. The van der Waals surface area contributed by atoms with Crippen LogP contribution < -0.4 is 10.6 Å². The summed E-state index contributed by atoms with van der Waals surface area (Å²) >= 11 is 0. The number of nitrogens with zero attached hydrogens (tertiary/aromatic N) is 1. The van der Waals surface area contributed by atoms with Gasteiger partial charge in [0.25, 0.3) is 0 Å². The fraction of sp³-hybridized carbons (Fsp3) is 0.688. The maximum Gasteiger partial charge on any atom is 0.0270 e. The van der Waals surface area contributed by atoms with Gasteiger partial charge in [0.2, 0.25) is 0 Å². The Morgan fingerprint density at radius 1 is 1.26 bits per heavy atom. The Labute approximate surface area is 117 Å². The summed E-state index contributed by atoms with van der Waals surface area (Å²) in [6, 6.07) is 4.24. The van der Waals surface area contributed by atoms with E-state index in [1.165, 1.54) is 37.9 Å².